The van der Waals surface area contributed by atoms with Crippen LogP contribution in [-0.2, 0) is 13.9 Å². The van der Waals surface area contributed by atoms with Gasteiger partial charge < -0.3 is 14.7 Å². The van der Waals surface area contributed by atoms with E-state index in [1.54, 1.807) is 0 Å². The summed E-state index contributed by atoms with van der Waals surface area (Å²) >= 11 is 0. The maximum absolute atomic E-state index is 10.8. The molecule has 1 unspecified atom stereocenters. The first kappa shape index (κ1) is 13.3. The Morgan fingerprint density at radius 2 is 2.00 bits per heavy atom. The Bertz CT molecular complexity index is 267. The lowest BCUT2D eigenvalue weighted by Crippen LogP contribution is -2.16. The highest BCUT2D eigenvalue weighted by Gasteiger charge is 2.23. The first-order valence-electron chi connectivity index (χ1n) is 3.52. The summed E-state index contributed by atoms with van der Waals surface area (Å²) in [6.45, 7) is 2.56. The highest BCUT2D eigenvalue weighted by Crippen LogP contribution is 2.36. The van der Waals surface area contributed by atoms with Crippen molar-refractivity contribution in [2.24, 2.45) is 0 Å². The Hall–Kier alpha value is -0.720. The van der Waals surface area contributed by atoms with Crippen LogP contribution in [0.2, 0.25) is 0 Å². The normalized spacial score (nSPS) is 13.4. The molecule has 0 bridgehead atoms. The second-order valence-corrected chi connectivity index (χ2v) is 3.68. The molecule has 8 heteroatoms. The van der Waals surface area contributed by atoms with Gasteiger partial charge in [0.2, 0.25) is 0 Å². The van der Waals surface area contributed by atoms with Crippen molar-refractivity contribution >= 4 is 13.8 Å². The van der Waals surface area contributed by atoms with Crippen LogP contribution < -0.4 is 0 Å². The summed E-state index contributed by atoms with van der Waals surface area (Å²) in [6.07, 6.45) is -1.51. The third kappa shape index (κ3) is 5.85. The number of hydrogen-bond donors (Lipinski definition) is 4. The van der Waals surface area contributed by atoms with Crippen LogP contribution in [0.25, 0.3) is 0 Å². The molecular formula is C6H11O7P. The third-order valence-electron chi connectivity index (χ3n) is 1.18. The van der Waals surface area contributed by atoms with E-state index in [2.05, 4.69) is 11.1 Å². The second-order valence-electron chi connectivity index (χ2n) is 2.51. The zero-order valence-corrected chi connectivity index (χ0v) is 8.05. The molecule has 0 saturated heterocycles. The van der Waals surface area contributed by atoms with Crippen LogP contribution in [0.3, 0.4) is 0 Å². The number of carbonyl (C=O) groups excluding carboxylic acids is 1. The summed E-state index contributed by atoms with van der Waals surface area (Å²) in [5, 5.41) is 17.3. The highest BCUT2D eigenvalue weighted by atomic mass is 31.2. The molecule has 0 aromatic heterocycles. The fourth-order valence-corrected chi connectivity index (χ4v) is 0.950. The van der Waals surface area contributed by atoms with Gasteiger partial charge in [0.15, 0.2) is 0 Å². The molecular weight excluding hydrogens is 215 g/mol. The predicted molar refractivity (Wildman–Crippen MR) is 45.0 cm³/mol. The van der Waals surface area contributed by atoms with E-state index in [0.29, 0.717) is 0 Å². The van der Waals surface area contributed by atoms with Gasteiger partial charge in [-0.25, -0.2) is 9.36 Å². The Morgan fingerprint density at radius 1 is 1.50 bits per heavy atom. The molecule has 0 rings (SSSR count). The highest BCUT2D eigenvalue weighted by molar-refractivity contribution is 7.46. The minimum atomic E-state index is -4.88. The van der Waals surface area contributed by atoms with E-state index in [1.807, 2.05) is 0 Å². The SMILES string of the molecule is C=C(CC(O)CO)C(=O)OP(=O)(O)O. The first-order chi connectivity index (χ1) is 6.26. The van der Waals surface area contributed by atoms with Gasteiger partial charge in [-0.05, 0) is 0 Å². The summed E-state index contributed by atoms with van der Waals surface area (Å²) < 4.78 is 13.9. The summed E-state index contributed by atoms with van der Waals surface area (Å²) in [7, 11) is -4.88. The molecule has 0 heterocycles. The van der Waals surface area contributed by atoms with Gasteiger partial charge in [-0.2, -0.15) is 0 Å². The fourth-order valence-electron chi connectivity index (χ4n) is 0.605. The second kappa shape index (κ2) is 5.23. The number of aliphatic hydroxyl groups excluding tert-OH is 2. The van der Waals surface area contributed by atoms with Crippen molar-refractivity contribution < 1.29 is 33.9 Å². The van der Waals surface area contributed by atoms with Gasteiger partial charge in [-0.15, -0.1) is 0 Å². The van der Waals surface area contributed by atoms with E-state index in [-0.39, 0.29) is 12.0 Å². The maximum atomic E-state index is 10.8. The van der Waals surface area contributed by atoms with Crippen molar-refractivity contribution in [1.29, 1.82) is 0 Å². The standard InChI is InChI=1S/C6H11O7P/c1-4(2-5(8)3-7)6(9)13-14(10,11)12/h5,7-8H,1-3H2,(H2,10,11,12). The maximum Gasteiger partial charge on any atom is 0.527 e. The zero-order chi connectivity index (χ0) is 11.4. The minimum Gasteiger partial charge on any atom is -0.394 e. The first-order valence-corrected chi connectivity index (χ1v) is 5.05. The van der Waals surface area contributed by atoms with Crippen LogP contribution in [0, 0.1) is 0 Å². The number of rotatable bonds is 5. The predicted octanol–water partition coefficient (Wildman–Crippen LogP) is -1.08. The Kier molecular flexibility index (Phi) is 4.96. The average molecular weight is 226 g/mol. The van der Waals surface area contributed by atoms with Crippen molar-refractivity contribution in [3.8, 4) is 0 Å². The fraction of sp³-hybridized carbons (Fsp3) is 0.500. The minimum absolute atomic E-state index is 0.310. The summed E-state index contributed by atoms with van der Waals surface area (Å²) in [5.41, 5.74) is -0.324. The van der Waals surface area contributed by atoms with E-state index in [1.165, 1.54) is 0 Å². The van der Waals surface area contributed by atoms with Crippen molar-refractivity contribution in [3.05, 3.63) is 12.2 Å². The van der Waals surface area contributed by atoms with Gasteiger partial charge in [-0.1, -0.05) is 6.58 Å². The number of phosphoric ester groups is 1. The van der Waals surface area contributed by atoms with Gasteiger partial charge in [0.25, 0.3) is 0 Å². The summed E-state index contributed by atoms with van der Waals surface area (Å²) in [6, 6.07) is 0. The topological polar surface area (TPSA) is 124 Å². The van der Waals surface area contributed by atoms with Crippen molar-refractivity contribution in [1.82, 2.24) is 0 Å². The molecule has 0 aliphatic rings. The molecule has 0 radical (unpaired) electrons. The van der Waals surface area contributed by atoms with Crippen LogP contribution in [-0.4, -0.2) is 38.7 Å². The van der Waals surface area contributed by atoms with Crippen molar-refractivity contribution in [2.45, 2.75) is 12.5 Å². The molecule has 0 aromatic rings. The number of carbonyl (C=O) groups is 1. The average Bonchev–Trinajstić information content (AvgIpc) is 2.00. The quantitative estimate of drug-likeness (QED) is 0.347. The van der Waals surface area contributed by atoms with Crippen LogP contribution in [0.1, 0.15) is 6.42 Å². The van der Waals surface area contributed by atoms with E-state index < -0.39 is 26.5 Å². The molecule has 1 atom stereocenters. The number of phosphoric acid groups is 1. The van der Waals surface area contributed by atoms with Crippen LogP contribution in [0.4, 0.5) is 0 Å². The van der Waals surface area contributed by atoms with Crippen LogP contribution >= 0.6 is 7.82 Å². The van der Waals surface area contributed by atoms with Gasteiger partial charge >= 0.3 is 13.8 Å². The van der Waals surface area contributed by atoms with Crippen LogP contribution in [0.15, 0.2) is 12.2 Å². The van der Waals surface area contributed by atoms with Gasteiger partial charge in [0.05, 0.1) is 12.7 Å². The molecule has 0 aromatic carbocycles. The van der Waals surface area contributed by atoms with Crippen LogP contribution in [0.5, 0.6) is 0 Å². The van der Waals surface area contributed by atoms with E-state index in [0.717, 1.165) is 0 Å². The smallest absolute Gasteiger partial charge is 0.394 e. The summed E-state index contributed by atoms with van der Waals surface area (Å²) in [5.74, 6) is -1.30. The van der Waals surface area contributed by atoms with Gasteiger partial charge in [0, 0.05) is 12.0 Å². The lowest BCUT2D eigenvalue weighted by atomic mass is 10.1. The van der Waals surface area contributed by atoms with E-state index >= 15 is 0 Å². The molecule has 0 aliphatic heterocycles. The monoisotopic (exact) mass is 226 g/mol. The van der Waals surface area contributed by atoms with E-state index in [9.17, 15) is 9.36 Å². The lowest BCUT2D eigenvalue weighted by molar-refractivity contribution is -0.131. The Balaban J connectivity index is 4.15. The molecule has 0 aliphatic carbocycles. The zero-order valence-electron chi connectivity index (χ0n) is 7.16. The largest absolute Gasteiger partial charge is 0.527 e. The molecule has 0 amide bonds. The van der Waals surface area contributed by atoms with E-state index in [4.69, 9.17) is 20.0 Å². The molecule has 82 valence electrons. The molecule has 0 saturated carbocycles. The summed E-state index contributed by atoms with van der Waals surface area (Å²) in [4.78, 5) is 27.3. The Morgan fingerprint density at radius 3 is 2.36 bits per heavy atom. The third-order valence-corrected chi connectivity index (χ3v) is 1.59. The molecule has 7 nitrogen and oxygen atoms in total. The number of hydrogen-bond acceptors (Lipinski definition) is 5. The number of aliphatic hydroxyl groups is 2. The van der Waals surface area contributed by atoms with Crippen molar-refractivity contribution in [2.75, 3.05) is 6.61 Å². The molecule has 0 fully saturated rings. The van der Waals surface area contributed by atoms with Gasteiger partial charge in [0.1, 0.15) is 0 Å². The Labute approximate surface area is 79.9 Å². The lowest BCUT2D eigenvalue weighted by Gasteiger charge is -2.09. The molecule has 4 N–H and O–H groups in total. The van der Waals surface area contributed by atoms with Crippen molar-refractivity contribution in [3.63, 3.8) is 0 Å². The molecule has 0 spiro atoms. The molecule has 14 heavy (non-hydrogen) atoms. The van der Waals surface area contributed by atoms with Gasteiger partial charge in [-0.3, -0.25) is 9.79 Å².